The Bertz CT molecular complexity index is 741. The van der Waals surface area contributed by atoms with Crippen molar-refractivity contribution in [3.8, 4) is 5.69 Å². The minimum atomic E-state index is -0.166. The second-order valence-electron chi connectivity index (χ2n) is 5.74. The first kappa shape index (κ1) is 17.2. The van der Waals surface area contributed by atoms with Gasteiger partial charge in [0.2, 0.25) is 5.82 Å². The number of halogens is 2. The average Bonchev–Trinajstić information content (AvgIpc) is 2.98. The summed E-state index contributed by atoms with van der Waals surface area (Å²) in [5.74, 6) is 0.661. The van der Waals surface area contributed by atoms with E-state index in [4.69, 9.17) is 23.2 Å². The number of aryl methyl sites for hydroxylation is 1. The first-order valence-corrected chi connectivity index (χ1v) is 8.70. The van der Waals surface area contributed by atoms with E-state index in [1.165, 1.54) is 0 Å². The average molecular weight is 368 g/mol. The maximum atomic E-state index is 12.8. The fraction of sp³-hybridized carbons (Fsp3) is 0.438. The van der Waals surface area contributed by atoms with Crippen LogP contribution in [0, 0.1) is 0 Å². The molecule has 1 aliphatic rings. The summed E-state index contributed by atoms with van der Waals surface area (Å²) in [4.78, 5) is 19.0. The highest BCUT2D eigenvalue weighted by Crippen LogP contribution is 2.29. The minimum absolute atomic E-state index is 0.104. The van der Waals surface area contributed by atoms with E-state index in [-0.39, 0.29) is 17.8 Å². The molecule has 1 atom stereocenters. The second kappa shape index (κ2) is 7.09. The van der Waals surface area contributed by atoms with Crippen molar-refractivity contribution in [2.45, 2.75) is 26.3 Å². The van der Waals surface area contributed by atoms with Crippen molar-refractivity contribution in [1.82, 2.24) is 25.0 Å². The topological polar surface area (TPSA) is 63.1 Å². The molecular formula is C16H19Cl2N5O. The van der Waals surface area contributed by atoms with Crippen LogP contribution in [0.5, 0.6) is 0 Å². The van der Waals surface area contributed by atoms with E-state index in [0.29, 0.717) is 34.5 Å². The van der Waals surface area contributed by atoms with Crippen LogP contribution in [0.4, 0.5) is 0 Å². The Morgan fingerprint density at radius 1 is 1.38 bits per heavy atom. The lowest BCUT2D eigenvalue weighted by Crippen LogP contribution is -2.52. The number of hydrogen-bond donors (Lipinski definition) is 1. The van der Waals surface area contributed by atoms with Gasteiger partial charge in [0, 0.05) is 32.1 Å². The number of para-hydroxylation sites is 1. The van der Waals surface area contributed by atoms with Gasteiger partial charge in [-0.1, -0.05) is 36.2 Å². The predicted molar refractivity (Wildman–Crippen MR) is 94.1 cm³/mol. The van der Waals surface area contributed by atoms with Gasteiger partial charge >= 0.3 is 0 Å². The molecule has 0 saturated carbocycles. The number of rotatable bonds is 3. The van der Waals surface area contributed by atoms with Gasteiger partial charge in [-0.3, -0.25) is 4.79 Å². The van der Waals surface area contributed by atoms with Gasteiger partial charge in [-0.2, -0.15) is 0 Å². The number of piperazine rings is 1. The summed E-state index contributed by atoms with van der Waals surface area (Å²) >= 11 is 12.6. The summed E-state index contributed by atoms with van der Waals surface area (Å²) in [7, 11) is 0. The predicted octanol–water partition coefficient (Wildman–Crippen LogP) is 2.57. The molecule has 0 unspecified atom stereocenters. The number of amides is 1. The third kappa shape index (κ3) is 3.14. The van der Waals surface area contributed by atoms with Crippen molar-refractivity contribution in [1.29, 1.82) is 0 Å². The first-order valence-electron chi connectivity index (χ1n) is 7.95. The molecule has 24 heavy (non-hydrogen) atoms. The zero-order valence-corrected chi connectivity index (χ0v) is 15.1. The van der Waals surface area contributed by atoms with Crippen molar-refractivity contribution in [3.63, 3.8) is 0 Å². The summed E-state index contributed by atoms with van der Waals surface area (Å²) in [6, 6.07) is 5.35. The molecule has 1 aliphatic heterocycles. The summed E-state index contributed by atoms with van der Waals surface area (Å²) < 4.78 is 1.57. The monoisotopic (exact) mass is 367 g/mol. The van der Waals surface area contributed by atoms with Gasteiger partial charge in [0.1, 0.15) is 11.5 Å². The normalized spacial score (nSPS) is 18.0. The molecule has 1 N–H and O–H groups in total. The zero-order valence-electron chi connectivity index (χ0n) is 13.6. The van der Waals surface area contributed by atoms with Crippen LogP contribution < -0.4 is 5.32 Å². The van der Waals surface area contributed by atoms with Gasteiger partial charge in [-0.25, -0.2) is 9.67 Å². The molecule has 3 rings (SSSR count). The van der Waals surface area contributed by atoms with Gasteiger partial charge in [-0.05, 0) is 19.1 Å². The van der Waals surface area contributed by atoms with Gasteiger partial charge in [0.15, 0.2) is 0 Å². The Hall–Kier alpha value is -1.63. The quantitative estimate of drug-likeness (QED) is 0.905. The summed E-state index contributed by atoms with van der Waals surface area (Å²) in [5.41, 5.74) is 0.553. The van der Waals surface area contributed by atoms with E-state index < -0.39 is 0 Å². The van der Waals surface area contributed by atoms with Crippen molar-refractivity contribution in [3.05, 3.63) is 39.9 Å². The van der Waals surface area contributed by atoms with Crippen LogP contribution in [0.2, 0.25) is 10.0 Å². The third-order valence-corrected chi connectivity index (χ3v) is 4.70. The van der Waals surface area contributed by atoms with Crippen LogP contribution in [-0.2, 0) is 6.42 Å². The van der Waals surface area contributed by atoms with Crippen molar-refractivity contribution in [2.24, 2.45) is 0 Å². The number of carbonyl (C=O) groups excluding carboxylic acids is 1. The van der Waals surface area contributed by atoms with Gasteiger partial charge < -0.3 is 10.2 Å². The molecule has 1 aromatic carbocycles. The molecular weight excluding hydrogens is 349 g/mol. The Labute approximate surface area is 150 Å². The van der Waals surface area contributed by atoms with Crippen molar-refractivity contribution >= 4 is 29.1 Å². The lowest BCUT2D eigenvalue weighted by Gasteiger charge is -2.33. The lowest BCUT2D eigenvalue weighted by molar-refractivity contribution is 0.0643. The lowest BCUT2D eigenvalue weighted by atomic mass is 10.2. The molecule has 2 aromatic rings. The standard InChI is InChI=1S/C16H19Cl2N5O/c1-3-13-20-15(16(24)22-8-7-19-9-10(22)2)21-23(13)14-11(17)5-4-6-12(14)18/h4-6,10,19H,3,7-9H2,1-2H3/t10-/m0/s1. The first-order chi connectivity index (χ1) is 11.5. The molecule has 0 radical (unpaired) electrons. The summed E-state index contributed by atoms with van der Waals surface area (Å²) in [6.07, 6.45) is 0.610. The number of nitrogens with one attached hydrogen (secondary N) is 1. The summed E-state index contributed by atoms with van der Waals surface area (Å²) in [6.45, 7) is 6.14. The third-order valence-electron chi connectivity index (χ3n) is 4.09. The molecule has 1 saturated heterocycles. The largest absolute Gasteiger partial charge is 0.331 e. The highest BCUT2D eigenvalue weighted by molar-refractivity contribution is 6.37. The highest BCUT2D eigenvalue weighted by atomic mass is 35.5. The molecule has 1 amide bonds. The number of nitrogens with zero attached hydrogens (tertiary/aromatic N) is 4. The van der Waals surface area contributed by atoms with E-state index in [1.807, 2.05) is 13.8 Å². The molecule has 6 nitrogen and oxygen atoms in total. The molecule has 1 aromatic heterocycles. The molecule has 0 spiro atoms. The molecule has 2 heterocycles. The van der Waals surface area contributed by atoms with Crippen molar-refractivity contribution in [2.75, 3.05) is 19.6 Å². The SMILES string of the molecule is CCc1nc(C(=O)N2CCNC[C@@H]2C)nn1-c1c(Cl)cccc1Cl. The van der Waals surface area contributed by atoms with Gasteiger partial charge in [-0.15, -0.1) is 5.10 Å². The van der Waals surface area contributed by atoms with E-state index in [9.17, 15) is 4.79 Å². The van der Waals surface area contributed by atoms with Gasteiger partial charge in [0.25, 0.3) is 5.91 Å². The Morgan fingerprint density at radius 2 is 2.08 bits per heavy atom. The molecule has 8 heteroatoms. The highest BCUT2D eigenvalue weighted by Gasteiger charge is 2.28. The maximum absolute atomic E-state index is 12.8. The molecule has 128 valence electrons. The van der Waals surface area contributed by atoms with Crippen molar-refractivity contribution < 1.29 is 4.79 Å². The number of benzene rings is 1. The molecule has 0 aliphatic carbocycles. The van der Waals surface area contributed by atoms with E-state index >= 15 is 0 Å². The van der Waals surface area contributed by atoms with Crippen LogP contribution in [0.15, 0.2) is 18.2 Å². The van der Waals surface area contributed by atoms with E-state index in [0.717, 1.165) is 13.1 Å². The summed E-state index contributed by atoms with van der Waals surface area (Å²) in [5, 5.41) is 8.61. The second-order valence-corrected chi connectivity index (χ2v) is 6.55. The Kier molecular flexibility index (Phi) is 5.08. The number of aromatic nitrogens is 3. The van der Waals surface area contributed by atoms with Crippen LogP contribution >= 0.6 is 23.2 Å². The fourth-order valence-electron chi connectivity index (χ4n) is 2.81. The maximum Gasteiger partial charge on any atom is 0.293 e. The Balaban J connectivity index is 2.00. The van der Waals surface area contributed by atoms with Crippen LogP contribution in [-0.4, -0.2) is 51.2 Å². The number of hydrogen-bond acceptors (Lipinski definition) is 4. The van der Waals surface area contributed by atoms with Crippen LogP contribution in [0.1, 0.15) is 30.3 Å². The molecule has 0 bridgehead atoms. The smallest absolute Gasteiger partial charge is 0.293 e. The zero-order chi connectivity index (χ0) is 17.3. The minimum Gasteiger partial charge on any atom is -0.331 e. The molecule has 1 fully saturated rings. The number of carbonyl (C=O) groups is 1. The fourth-order valence-corrected chi connectivity index (χ4v) is 3.36. The van der Waals surface area contributed by atoms with Crippen LogP contribution in [0.25, 0.3) is 5.69 Å². The van der Waals surface area contributed by atoms with Gasteiger partial charge in [0.05, 0.1) is 10.0 Å². The van der Waals surface area contributed by atoms with E-state index in [1.54, 1.807) is 27.8 Å². The Morgan fingerprint density at radius 3 is 2.71 bits per heavy atom. The van der Waals surface area contributed by atoms with Crippen LogP contribution in [0.3, 0.4) is 0 Å². The van der Waals surface area contributed by atoms with E-state index in [2.05, 4.69) is 15.4 Å².